The molecule has 0 aromatic heterocycles. The van der Waals surface area contributed by atoms with E-state index in [0.29, 0.717) is 21.5 Å². The van der Waals surface area contributed by atoms with Crippen LogP contribution in [0.25, 0.3) is 0 Å². The molecule has 2 rings (SSSR count). The van der Waals surface area contributed by atoms with Crippen LogP contribution in [0.5, 0.6) is 11.5 Å². The maximum absolute atomic E-state index is 14.1. The normalized spacial score (nSPS) is 12.1. The lowest BCUT2D eigenvalue weighted by atomic mass is 9.96. The summed E-state index contributed by atoms with van der Waals surface area (Å²) in [6, 6.07) is 8.25. The smallest absolute Gasteiger partial charge is 0.161 e. The van der Waals surface area contributed by atoms with Crippen molar-refractivity contribution in [2.24, 2.45) is 0 Å². The van der Waals surface area contributed by atoms with E-state index in [-0.39, 0.29) is 5.56 Å². The fourth-order valence-corrected chi connectivity index (χ4v) is 2.57. The van der Waals surface area contributed by atoms with E-state index >= 15 is 0 Å². The summed E-state index contributed by atoms with van der Waals surface area (Å²) in [5.74, 6) is 0.590. The second-order valence-corrected chi connectivity index (χ2v) is 5.46. The number of benzene rings is 2. The van der Waals surface area contributed by atoms with E-state index in [1.807, 2.05) is 6.92 Å². The Morgan fingerprint density at radius 2 is 1.71 bits per heavy atom. The van der Waals surface area contributed by atoms with Gasteiger partial charge in [0, 0.05) is 5.56 Å². The molecule has 0 fully saturated rings. The van der Waals surface area contributed by atoms with E-state index in [2.05, 4.69) is 15.9 Å². The fourth-order valence-electron chi connectivity index (χ4n) is 2.19. The molecule has 1 N–H and O–H groups in total. The number of ether oxygens (including phenoxy) is 2. The first-order valence-electron chi connectivity index (χ1n) is 6.34. The highest BCUT2D eigenvalue weighted by atomic mass is 79.9. The summed E-state index contributed by atoms with van der Waals surface area (Å²) in [6.45, 7) is 1.83. The van der Waals surface area contributed by atoms with E-state index < -0.39 is 11.9 Å². The molecule has 5 heteroatoms. The van der Waals surface area contributed by atoms with Crippen LogP contribution in [0.4, 0.5) is 4.39 Å². The Morgan fingerprint density at radius 1 is 1.10 bits per heavy atom. The van der Waals surface area contributed by atoms with Crippen LogP contribution in [0.1, 0.15) is 22.8 Å². The maximum Gasteiger partial charge on any atom is 0.161 e. The molecule has 1 unspecified atom stereocenters. The molecule has 0 heterocycles. The van der Waals surface area contributed by atoms with Gasteiger partial charge >= 0.3 is 0 Å². The highest BCUT2D eigenvalue weighted by Crippen LogP contribution is 2.36. The average molecular weight is 355 g/mol. The minimum absolute atomic E-state index is 0.208. The Hall–Kier alpha value is -1.59. The second-order valence-electron chi connectivity index (χ2n) is 4.61. The van der Waals surface area contributed by atoms with Crippen molar-refractivity contribution in [1.82, 2.24) is 0 Å². The molecule has 0 aliphatic carbocycles. The van der Waals surface area contributed by atoms with Crippen molar-refractivity contribution in [3.63, 3.8) is 0 Å². The maximum atomic E-state index is 14.1. The number of aryl methyl sites for hydroxylation is 1. The quantitative estimate of drug-likeness (QED) is 0.901. The summed E-state index contributed by atoms with van der Waals surface area (Å²) in [6.07, 6.45) is -1.08. The first-order valence-corrected chi connectivity index (χ1v) is 7.13. The number of aliphatic hydroxyl groups excluding tert-OH is 1. The number of methoxy groups -OCH3 is 2. The molecule has 21 heavy (non-hydrogen) atoms. The minimum atomic E-state index is -1.08. The minimum Gasteiger partial charge on any atom is -0.493 e. The lowest BCUT2D eigenvalue weighted by Crippen LogP contribution is -2.06. The largest absolute Gasteiger partial charge is 0.493 e. The summed E-state index contributed by atoms with van der Waals surface area (Å²) < 4.78 is 24.9. The second kappa shape index (κ2) is 6.45. The van der Waals surface area contributed by atoms with Crippen molar-refractivity contribution in [2.45, 2.75) is 13.0 Å². The van der Waals surface area contributed by atoms with E-state index in [9.17, 15) is 9.50 Å². The van der Waals surface area contributed by atoms with Gasteiger partial charge in [-0.2, -0.15) is 0 Å². The summed E-state index contributed by atoms with van der Waals surface area (Å²) in [5, 5.41) is 10.5. The summed E-state index contributed by atoms with van der Waals surface area (Å²) in [7, 11) is 3.06. The van der Waals surface area contributed by atoms with Crippen molar-refractivity contribution in [2.75, 3.05) is 14.2 Å². The summed E-state index contributed by atoms with van der Waals surface area (Å²) >= 11 is 3.13. The highest BCUT2D eigenvalue weighted by Gasteiger charge is 2.20. The zero-order chi connectivity index (χ0) is 15.6. The number of aliphatic hydroxyl groups is 1. The van der Waals surface area contributed by atoms with Crippen molar-refractivity contribution in [3.05, 3.63) is 57.3 Å². The van der Waals surface area contributed by atoms with Gasteiger partial charge in [-0.15, -0.1) is 0 Å². The number of halogens is 2. The Morgan fingerprint density at radius 3 is 2.33 bits per heavy atom. The monoisotopic (exact) mass is 354 g/mol. The third-order valence-corrected chi connectivity index (χ3v) is 3.96. The molecule has 0 aliphatic heterocycles. The van der Waals surface area contributed by atoms with Gasteiger partial charge in [-0.3, -0.25) is 0 Å². The topological polar surface area (TPSA) is 38.7 Å². The Kier molecular flexibility index (Phi) is 4.85. The molecule has 0 radical (unpaired) electrons. The average Bonchev–Trinajstić information content (AvgIpc) is 2.49. The van der Waals surface area contributed by atoms with Gasteiger partial charge in [0.2, 0.25) is 0 Å². The van der Waals surface area contributed by atoms with E-state index in [4.69, 9.17) is 9.47 Å². The molecular weight excluding hydrogens is 339 g/mol. The van der Waals surface area contributed by atoms with Gasteiger partial charge in [-0.25, -0.2) is 4.39 Å². The molecule has 0 saturated heterocycles. The van der Waals surface area contributed by atoms with Crippen LogP contribution in [0, 0.1) is 12.7 Å². The molecule has 112 valence electrons. The van der Waals surface area contributed by atoms with Crippen molar-refractivity contribution < 1.29 is 19.0 Å². The first kappa shape index (κ1) is 15.8. The van der Waals surface area contributed by atoms with Crippen LogP contribution in [0.15, 0.2) is 34.8 Å². The number of rotatable bonds is 4. The molecular formula is C16H16BrFO3. The van der Waals surface area contributed by atoms with E-state index in [0.717, 1.165) is 5.56 Å². The van der Waals surface area contributed by atoms with Gasteiger partial charge in [0.1, 0.15) is 11.9 Å². The number of hydrogen-bond donors (Lipinski definition) is 1. The molecule has 0 bridgehead atoms. The SMILES string of the molecule is COc1cc(C)c(C(O)c2cccc(Br)c2F)cc1OC. The Balaban J connectivity index is 2.53. The van der Waals surface area contributed by atoms with E-state index in [1.165, 1.54) is 7.11 Å². The van der Waals surface area contributed by atoms with Gasteiger partial charge in [-0.05, 0) is 52.2 Å². The summed E-state index contributed by atoms with van der Waals surface area (Å²) in [5.41, 5.74) is 1.57. The van der Waals surface area contributed by atoms with Crippen molar-refractivity contribution >= 4 is 15.9 Å². The molecule has 2 aromatic rings. The van der Waals surface area contributed by atoms with Gasteiger partial charge in [-0.1, -0.05) is 12.1 Å². The predicted molar refractivity (Wildman–Crippen MR) is 82.4 cm³/mol. The third kappa shape index (κ3) is 3.04. The van der Waals surface area contributed by atoms with Crippen molar-refractivity contribution in [3.8, 4) is 11.5 Å². The predicted octanol–water partition coefficient (Wildman–Crippen LogP) is 4.00. The first-order chi connectivity index (χ1) is 9.99. The van der Waals surface area contributed by atoms with Gasteiger partial charge < -0.3 is 14.6 Å². The fraction of sp³-hybridized carbons (Fsp3) is 0.250. The summed E-state index contributed by atoms with van der Waals surface area (Å²) in [4.78, 5) is 0. The molecule has 0 aliphatic rings. The van der Waals surface area contributed by atoms with Crippen LogP contribution in [-0.2, 0) is 0 Å². The molecule has 0 saturated carbocycles. The van der Waals surface area contributed by atoms with Crippen LogP contribution < -0.4 is 9.47 Å². The van der Waals surface area contributed by atoms with Crippen LogP contribution in [0.2, 0.25) is 0 Å². The van der Waals surface area contributed by atoms with Crippen molar-refractivity contribution in [1.29, 1.82) is 0 Å². The number of hydrogen-bond acceptors (Lipinski definition) is 3. The van der Waals surface area contributed by atoms with E-state index in [1.54, 1.807) is 37.4 Å². The standard InChI is InChI=1S/C16H16BrFO3/c1-9-7-13(20-2)14(21-3)8-11(9)16(19)10-5-4-6-12(17)15(10)18/h4-8,16,19H,1-3H3. The Bertz CT molecular complexity index is 658. The van der Waals surface area contributed by atoms with Gasteiger partial charge in [0.15, 0.2) is 11.5 Å². The molecule has 1 atom stereocenters. The lowest BCUT2D eigenvalue weighted by molar-refractivity contribution is 0.213. The van der Waals surface area contributed by atoms with Gasteiger partial charge in [0.05, 0.1) is 18.7 Å². The molecule has 3 nitrogen and oxygen atoms in total. The third-order valence-electron chi connectivity index (χ3n) is 3.34. The highest BCUT2D eigenvalue weighted by molar-refractivity contribution is 9.10. The zero-order valence-electron chi connectivity index (χ0n) is 12.0. The zero-order valence-corrected chi connectivity index (χ0v) is 13.6. The Labute approximate surface area is 131 Å². The van der Waals surface area contributed by atoms with Crippen LogP contribution in [0.3, 0.4) is 0 Å². The molecule has 0 amide bonds. The van der Waals surface area contributed by atoms with Crippen LogP contribution >= 0.6 is 15.9 Å². The van der Waals surface area contributed by atoms with Gasteiger partial charge in [0.25, 0.3) is 0 Å². The van der Waals surface area contributed by atoms with Crippen LogP contribution in [-0.4, -0.2) is 19.3 Å². The molecule has 2 aromatic carbocycles. The molecule has 0 spiro atoms. The lowest BCUT2D eigenvalue weighted by Gasteiger charge is -2.18.